The highest BCUT2D eigenvalue weighted by Crippen LogP contribution is 2.38. The molecule has 0 radical (unpaired) electrons. The Kier molecular flexibility index (Phi) is 3.42. The first-order valence-electron chi connectivity index (χ1n) is 6.10. The lowest BCUT2D eigenvalue weighted by atomic mass is 9.97. The van der Waals surface area contributed by atoms with Gasteiger partial charge in [-0.15, -0.1) is 0 Å². The monoisotopic (exact) mass is 203 g/mol. The van der Waals surface area contributed by atoms with Crippen molar-refractivity contribution in [3.05, 3.63) is 35.4 Å². The summed E-state index contributed by atoms with van der Waals surface area (Å²) in [5, 5.41) is 3.61. The zero-order valence-electron chi connectivity index (χ0n) is 9.79. The van der Waals surface area contributed by atoms with Crippen LogP contribution >= 0.6 is 0 Å². The van der Waals surface area contributed by atoms with Crippen molar-refractivity contribution >= 4 is 0 Å². The Morgan fingerprint density at radius 2 is 2.07 bits per heavy atom. The van der Waals surface area contributed by atoms with Gasteiger partial charge < -0.3 is 5.32 Å². The largest absolute Gasteiger partial charge is 0.310 e. The Hall–Kier alpha value is -0.820. The van der Waals surface area contributed by atoms with Crippen molar-refractivity contribution in [2.45, 2.75) is 39.2 Å². The van der Waals surface area contributed by atoms with E-state index in [2.05, 4.69) is 43.4 Å². The molecule has 1 aliphatic carbocycles. The first-order valence-corrected chi connectivity index (χ1v) is 6.10. The Labute approximate surface area is 92.9 Å². The molecule has 1 aromatic rings. The lowest BCUT2D eigenvalue weighted by Crippen LogP contribution is -2.22. The highest BCUT2D eigenvalue weighted by molar-refractivity contribution is 5.28. The summed E-state index contributed by atoms with van der Waals surface area (Å²) in [5.41, 5.74) is 2.91. The third-order valence-corrected chi connectivity index (χ3v) is 3.28. The fourth-order valence-electron chi connectivity index (χ4n) is 2.23. The molecule has 0 bridgehead atoms. The minimum absolute atomic E-state index is 0.573. The van der Waals surface area contributed by atoms with E-state index >= 15 is 0 Å². The van der Waals surface area contributed by atoms with E-state index in [4.69, 9.17) is 0 Å². The molecule has 0 aliphatic heterocycles. The average molecular weight is 203 g/mol. The maximum absolute atomic E-state index is 3.61. The Bertz CT molecular complexity index is 315. The molecule has 1 atom stereocenters. The zero-order chi connectivity index (χ0) is 10.7. The van der Waals surface area contributed by atoms with Crippen LogP contribution in [-0.4, -0.2) is 6.54 Å². The van der Waals surface area contributed by atoms with Crippen LogP contribution in [0.2, 0.25) is 0 Å². The van der Waals surface area contributed by atoms with Crippen molar-refractivity contribution in [3.63, 3.8) is 0 Å². The Morgan fingerprint density at radius 1 is 1.33 bits per heavy atom. The molecule has 0 spiro atoms. The van der Waals surface area contributed by atoms with E-state index in [1.807, 2.05) is 0 Å². The maximum Gasteiger partial charge on any atom is 0.0325 e. The van der Waals surface area contributed by atoms with Gasteiger partial charge in [0, 0.05) is 6.04 Å². The highest BCUT2D eigenvalue weighted by Gasteiger charge is 2.26. The van der Waals surface area contributed by atoms with Gasteiger partial charge in [-0.2, -0.15) is 0 Å². The minimum atomic E-state index is 0.573. The van der Waals surface area contributed by atoms with Gasteiger partial charge in [0.05, 0.1) is 0 Å². The molecule has 1 fully saturated rings. The summed E-state index contributed by atoms with van der Waals surface area (Å²) < 4.78 is 0. The molecule has 82 valence electrons. The lowest BCUT2D eigenvalue weighted by molar-refractivity contribution is 0.485. The standard InChI is InChI=1S/C14H21N/c1-3-15-14(10-12-8-9-12)13-7-5-4-6-11(13)2/h4-7,12,14-15H,3,8-10H2,1-2H3. The Balaban J connectivity index is 2.11. The number of hydrogen-bond acceptors (Lipinski definition) is 1. The van der Waals surface area contributed by atoms with Gasteiger partial charge in [-0.3, -0.25) is 0 Å². The Morgan fingerprint density at radius 3 is 2.67 bits per heavy atom. The van der Waals surface area contributed by atoms with Gasteiger partial charge in [-0.05, 0) is 36.9 Å². The van der Waals surface area contributed by atoms with Gasteiger partial charge in [0.25, 0.3) is 0 Å². The van der Waals surface area contributed by atoms with E-state index < -0.39 is 0 Å². The van der Waals surface area contributed by atoms with Crippen LogP contribution in [0.4, 0.5) is 0 Å². The van der Waals surface area contributed by atoms with Gasteiger partial charge in [0.1, 0.15) is 0 Å². The average Bonchev–Trinajstić information content (AvgIpc) is 3.02. The van der Waals surface area contributed by atoms with Crippen molar-refractivity contribution < 1.29 is 0 Å². The fourth-order valence-corrected chi connectivity index (χ4v) is 2.23. The summed E-state index contributed by atoms with van der Waals surface area (Å²) in [6.45, 7) is 5.47. The predicted octanol–water partition coefficient (Wildman–Crippen LogP) is 3.45. The second-order valence-electron chi connectivity index (χ2n) is 4.65. The highest BCUT2D eigenvalue weighted by atomic mass is 14.9. The van der Waals surface area contributed by atoms with Crippen LogP contribution in [0.25, 0.3) is 0 Å². The third kappa shape index (κ3) is 2.82. The van der Waals surface area contributed by atoms with Crippen LogP contribution in [0.5, 0.6) is 0 Å². The smallest absolute Gasteiger partial charge is 0.0325 e. The molecule has 1 saturated carbocycles. The second-order valence-corrected chi connectivity index (χ2v) is 4.65. The quantitative estimate of drug-likeness (QED) is 0.773. The van der Waals surface area contributed by atoms with Gasteiger partial charge >= 0.3 is 0 Å². The van der Waals surface area contributed by atoms with Gasteiger partial charge in [0.2, 0.25) is 0 Å². The number of benzene rings is 1. The summed E-state index contributed by atoms with van der Waals surface area (Å²) >= 11 is 0. The van der Waals surface area contributed by atoms with Crippen molar-refractivity contribution in [1.29, 1.82) is 0 Å². The van der Waals surface area contributed by atoms with E-state index in [1.165, 1.54) is 30.4 Å². The molecule has 0 amide bonds. The molecule has 1 aromatic carbocycles. The normalized spacial score (nSPS) is 17.7. The van der Waals surface area contributed by atoms with Gasteiger partial charge in [-0.25, -0.2) is 0 Å². The topological polar surface area (TPSA) is 12.0 Å². The van der Waals surface area contributed by atoms with Gasteiger partial charge in [-0.1, -0.05) is 44.0 Å². The molecule has 1 unspecified atom stereocenters. The molecule has 1 nitrogen and oxygen atoms in total. The van der Waals surface area contributed by atoms with E-state index in [-0.39, 0.29) is 0 Å². The number of nitrogens with one attached hydrogen (secondary N) is 1. The SMILES string of the molecule is CCNC(CC1CC1)c1ccccc1C. The lowest BCUT2D eigenvalue weighted by Gasteiger charge is -2.20. The molecule has 0 aromatic heterocycles. The molecule has 1 aliphatic rings. The van der Waals surface area contributed by atoms with Crippen molar-refractivity contribution in [2.75, 3.05) is 6.54 Å². The third-order valence-electron chi connectivity index (χ3n) is 3.28. The van der Waals surface area contributed by atoms with Crippen molar-refractivity contribution in [2.24, 2.45) is 5.92 Å². The minimum Gasteiger partial charge on any atom is -0.310 e. The van der Waals surface area contributed by atoms with Crippen LogP contribution in [0, 0.1) is 12.8 Å². The summed E-state index contributed by atoms with van der Waals surface area (Å²) in [7, 11) is 0. The first-order chi connectivity index (χ1) is 7.31. The molecule has 1 N–H and O–H groups in total. The second kappa shape index (κ2) is 4.80. The summed E-state index contributed by atoms with van der Waals surface area (Å²) in [5.74, 6) is 0.980. The summed E-state index contributed by atoms with van der Waals surface area (Å²) in [4.78, 5) is 0. The first kappa shape index (κ1) is 10.7. The van der Waals surface area contributed by atoms with Gasteiger partial charge in [0.15, 0.2) is 0 Å². The van der Waals surface area contributed by atoms with Crippen LogP contribution in [0.1, 0.15) is 43.4 Å². The summed E-state index contributed by atoms with van der Waals surface area (Å²) in [6, 6.07) is 9.33. The van der Waals surface area contributed by atoms with Crippen molar-refractivity contribution in [3.8, 4) is 0 Å². The molecule has 0 heterocycles. The van der Waals surface area contributed by atoms with Crippen LogP contribution < -0.4 is 5.32 Å². The molecule has 1 heteroatoms. The van der Waals surface area contributed by atoms with E-state index in [9.17, 15) is 0 Å². The van der Waals surface area contributed by atoms with E-state index in [0.29, 0.717) is 6.04 Å². The molecular weight excluding hydrogens is 182 g/mol. The van der Waals surface area contributed by atoms with Crippen LogP contribution in [0.15, 0.2) is 24.3 Å². The van der Waals surface area contributed by atoms with Crippen molar-refractivity contribution in [1.82, 2.24) is 5.32 Å². The molecular formula is C14H21N. The van der Waals surface area contributed by atoms with Crippen LogP contribution in [-0.2, 0) is 0 Å². The van der Waals surface area contributed by atoms with E-state index in [1.54, 1.807) is 0 Å². The van der Waals surface area contributed by atoms with Crippen LogP contribution in [0.3, 0.4) is 0 Å². The number of rotatable bonds is 5. The number of aryl methyl sites for hydroxylation is 1. The molecule has 15 heavy (non-hydrogen) atoms. The van der Waals surface area contributed by atoms with E-state index in [0.717, 1.165) is 12.5 Å². The molecule has 2 rings (SSSR count). The zero-order valence-corrected chi connectivity index (χ0v) is 9.79. The fraction of sp³-hybridized carbons (Fsp3) is 0.571. The maximum atomic E-state index is 3.61. The summed E-state index contributed by atoms with van der Waals surface area (Å²) in [6.07, 6.45) is 4.19. The number of hydrogen-bond donors (Lipinski definition) is 1. The molecule has 0 saturated heterocycles. The predicted molar refractivity (Wildman–Crippen MR) is 64.9 cm³/mol.